The first kappa shape index (κ1) is 17.9. The van der Waals surface area contributed by atoms with E-state index in [0.717, 1.165) is 0 Å². The molecule has 0 unspecified atom stereocenters. The topological polar surface area (TPSA) is 134 Å². The van der Waals surface area contributed by atoms with Crippen LogP contribution in [0.1, 0.15) is 10.4 Å². The van der Waals surface area contributed by atoms with Crippen LogP contribution in [0.2, 0.25) is 0 Å². The summed E-state index contributed by atoms with van der Waals surface area (Å²) in [6, 6.07) is 11.4. The maximum absolute atomic E-state index is 11.3. The molecule has 0 radical (unpaired) electrons. The minimum atomic E-state index is -1.16. The molecular formula is C14H13ClN4O4. The van der Waals surface area contributed by atoms with E-state index in [-0.39, 0.29) is 29.3 Å². The van der Waals surface area contributed by atoms with Crippen LogP contribution in [0.5, 0.6) is 0 Å². The lowest BCUT2D eigenvalue weighted by Gasteiger charge is -2.24. The van der Waals surface area contributed by atoms with Crippen molar-refractivity contribution in [2.24, 2.45) is 5.73 Å². The first-order valence-corrected chi connectivity index (χ1v) is 6.12. The van der Waals surface area contributed by atoms with Gasteiger partial charge < -0.3 is 10.8 Å². The Morgan fingerprint density at radius 3 is 2.22 bits per heavy atom. The van der Waals surface area contributed by atoms with Crippen LogP contribution in [0.3, 0.4) is 0 Å². The van der Waals surface area contributed by atoms with Gasteiger partial charge in [-0.15, -0.1) is 12.4 Å². The number of nitrogens with one attached hydrogen (secondary N) is 1. The van der Waals surface area contributed by atoms with Crippen molar-refractivity contribution in [3.8, 4) is 0 Å². The molecule has 0 amide bonds. The number of para-hydroxylation sites is 1. The number of anilines is 2. The molecule has 0 heterocycles. The molecule has 2 aromatic rings. The number of carboxylic acids is 1. The molecule has 0 atom stereocenters. The predicted octanol–water partition coefficient (Wildman–Crippen LogP) is 2.75. The van der Waals surface area contributed by atoms with Crippen LogP contribution in [0.4, 0.5) is 17.1 Å². The lowest BCUT2D eigenvalue weighted by atomic mass is 10.1. The minimum Gasteiger partial charge on any atom is -0.478 e. The molecule has 9 heteroatoms. The number of hydrogen-bond acceptors (Lipinski definition) is 4. The van der Waals surface area contributed by atoms with E-state index in [1.54, 1.807) is 12.1 Å². The number of hydrogen-bond donors (Lipinski definition) is 3. The van der Waals surface area contributed by atoms with Crippen molar-refractivity contribution >= 4 is 41.4 Å². The maximum atomic E-state index is 11.3. The zero-order chi connectivity index (χ0) is 16.3. The Bertz CT molecular complexity index is 749. The van der Waals surface area contributed by atoms with Crippen molar-refractivity contribution in [1.29, 1.82) is 5.41 Å². The first-order valence-electron chi connectivity index (χ1n) is 6.12. The third-order valence-corrected chi connectivity index (χ3v) is 2.93. The molecule has 23 heavy (non-hydrogen) atoms. The molecule has 8 nitrogen and oxygen atoms in total. The van der Waals surface area contributed by atoms with Crippen LogP contribution in [-0.4, -0.2) is 22.0 Å². The second kappa shape index (κ2) is 7.23. The number of nitrogens with zero attached hydrogens (tertiary/aromatic N) is 2. The highest BCUT2D eigenvalue weighted by Gasteiger charge is 2.20. The summed E-state index contributed by atoms with van der Waals surface area (Å²) in [5, 5.41) is 27.6. The molecule has 0 saturated heterocycles. The number of nitrogens with two attached hydrogens (primary N) is 1. The van der Waals surface area contributed by atoms with Crippen molar-refractivity contribution < 1.29 is 14.8 Å². The number of rotatable bonds is 4. The quantitative estimate of drug-likeness (QED) is 0.340. The van der Waals surface area contributed by atoms with E-state index in [9.17, 15) is 20.0 Å². The van der Waals surface area contributed by atoms with Gasteiger partial charge in [0.25, 0.3) is 5.69 Å². The Labute approximate surface area is 137 Å². The van der Waals surface area contributed by atoms with Crippen LogP contribution in [0.25, 0.3) is 0 Å². The Kier molecular flexibility index (Phi) is 5.63. The van der Waals surface area contributed by atoms with Gasteiger partial charge >= 0.3 is 5.97 Å². The third-order valence-electron chi connectivity index (χ3n) is 2.93. The number of nitro benzene ring substituents is 1. The lowest BCUT2D eigenvalue weighted by Crippen LogP contribution is -2.33. The number of benzene rings is 2. The van der Waals surface area contributed by atoms with Crippen LogP contribution in [0.15, 0.2) is 48.5 Å². The molecular weight excluding hydrogens is 324 g/mol. The van der Waals surface area contributed by atoms with Crippen molar-refractivity contribution in [3.63, 3.8) is 0 Å². The summed E-state index contributed by atoms with van der Waals surface area (Å²) in [5.74, 6) is -1.56. The van der Waals surface area contributed by atoms with Gasteiger partial charge in [0.2, 0.25) is 0 Å². The lowest BCUT2D eigenvalue weighted by molar-refractivity contribution is -0.384. The fourth-order valence-corrected chi connectivity index (χ4v) is 1.98. The molecule has 0 bridgehead atoms. The monoisotopic (exact) mass is 336 g/mol. The van der Waals surface area contributed by atoms with Gasteiger partial charge in [-0.25, -0.2) is 4.79 Å². The fraction of sp³-hybridized carbons (Fsp3) is 0. The Morgan fingerprint density at radius 1 is 1.17 bits per heavy atom. The second-order valence-electron chi connectivity index (χ2n) is 4.32. The number of guanidine groups is 1. The Hall–Kier alpha value is -3.13. The van der Waals surface area contributed by atoms with Gasteiger partial charge in [-0.2, -0.15) is 0 Å². The number of carbonyl (C=O) groups is 1. The molecule has 0 aromatic heterocycles. The predicted molar refractivity (Wildman–Crippen MR) is 87.8 cm³/mol. The third kappa shape index (κ3) is 3.74. The summed E-state index contributed by atoms with van der Waals surface area (Å²) in [6.45, 7) is 0. The van der Waals surface area contributed by atoms with Crippen LogP contribution >= 0.6 is 12.4 Å². The highest BCUT2D eigenvalue weighted by atomic mass is 35.5. The van der Waals surface area contributed by atoms with Gasteiger partial charge in [-0.1, -0.05) is 12.1 Å². The van der Waals surface area contributed by atoms with Gasteiger partial charge in [0, 0.05) is 17.8 Å². The van der Waals surface area contributed by atoms with Crippen molar-refractivity contribution in [3.05, 3.63) is 64.2 Å². The molecule has 2 aromatic carbocycles. The summed E-state index contributed by atoms with van der Waals surface area (Å²) in [4.78, 5) is 22.6. The van der Waals surface area contributed by atoms with Gasteiger partial charge in [0.05, 0.1) is 16.2 Å². The summed E-state index contributed by atoms with van der Waals surface area (Å²) in [5.41, 5.74) is 5.96. The molecule has 0 saturated carbocycles. The first-order chi connectivity index (χ1) is 10.4. The van der Waals surface area contributed by atoms with Crippen LogP contribution in [-0.2, 0) is 0 Å². The summed E-state index contributed by atoms with van der Waals surface area (Å²) >= 11 is 0. The van der Waals surface area contributed by atoms with Gasteiger partial charge in [-0.3, -0.25) is 20.4 Å². The summed E-state index contributed by atoms with van der Waals surface area (Å²) < 4.78 is 0. The largest absolute Gasteiger partial charge is 0.478 e. The Balaban J connectivity index is 0.00000264. The van der Waals surface area contributed by atoms with Gasteiger partial charge in [0.1, 0.15) is 0 Å². The van der Waals surface area contributed by atoms with Crippen molar-refractivity contribution in [1.82, 2.24) is 0 Å². The van der Waals surface area contributed by atoms with E-state index < -0.39 is 16.9 Å². The maximum Gasteiger partial charge on any atom is 0.337 e. The standard InChI is InChI=1S/C14H12N4O4.ClH/c15-14(16)17(9-5-7-10(8-6-9)18(21)22)12-4-2-1-3-11(12)13(19)20;/h1-8H,(H3,15,16)(H,19,20);1H. The number of non-ortho nitro benzene ring substituents is 1. The molecule has 4 N–H and O–H groups in total. The average molecular weight is 337 g/mol. The van der Waals surface area contributed by atoms with Gasteiger partial charge in [0.15, 0.2) is 5.96 Å². The van der Waals surface area contributed by atoms with E-state index >= 15 is 0 Å². The fourth-order valence-electron chi connectivity index (χ4n) is 1.98. The zero-order valence-electron chi connectivity index (χ0n) is 11.7. The number of halogens is 1. The zero-order valence-corrected chi connectivity index (χ0v) is 12.5. The number of nitro groups is 1. The minimum absolute atomic E-state index is 0. The van der Waals surface area contributed by atoms with E-state index in [2.05, 4.69) is 0 Å². The smallest absolute Gasteiger partial charge is 0.337 e. The molecule has 0 fully saturated rings. The molecule has 120 valence electrons. The van der Waals surface area contributed by atoms with Crippen LogP contribution < -0.4 is 10.6 Å². The summed E-state index contributed by atoms with van der Waals surface area (Å²) in [6.07, 6.45) is 0. The highest BCUT2D eigenvalue weighted by Crippen LogP contribution is 2.29. The number of aromatic carboxylic acids is 1. The second-order valence-corrected chi connectivity index (χ2v) is 4.32. The molecule has 0 aliphatic heterocycles. The highest BCUT2D eigenvalue weighted by molar-refractivity contribution is 6.06. The molecule has 0 spiro atoms. The van der Waals surface area contributed by atoms with Crippen LogP contribution in [0, 0.1) is 15.5 Å². The van der Waals surface area contributed by atoms with E-state index in [1.807, 2.05) is 0 Å². The molecule has 0 aliphatic carbocycles. The summed E-state index contributed by atoms with van der Waals surface area (Å²) in [7, 11) is 0. The molecule has 2 rings (SSSR count). The molecule has 0 aliphatic rings. The average Bonchev–Trinajstić information content (AvgIpc) is 2.48. The van der Waals surface area contributed by atoms with Gasteiger partial charge in [-0.05, 0) is 24.3 Å². The van der Waals surface area contributed by atoms with E-state index in [1.165, 1.54) is 41.3 Å². The van der Waals surface area contributed by atoms with Crippen molar-refractivity contribution in [2.75, 3.05) is 4.90 Å². The van der Waals surface area contributed by atoms with Crippen molar-refractivity contribution in [2.45, 2.75) is 0 Å². The SMILES string of the molecule is Cl.N=C(N)N(c1ccc([N+](=O)[O-])cc1)c1ccccc1C(=O)O. The van der Waals surface area contributed by atoms with E-state index in [0.29, 0.717) is 5.69 Å². The van der Waals surface area contributed by atoms with E-state index in [4.69, 9.17) is 11.1 Å². The normalized spacial score (nSPS) is 9.57. The Morgan fingerprint density at radius 2 is 1.74 bits per heavy atom. The number of carboxylic acid groups (broad SMARTS) is 1.